The van der Waals surface area contributed by atoms with Crippen LogP contribution in [0, 0.1) is 11.7 Å². The van der Waals surface area contributed by atoms with Crippen LogP contribution >= 0.6 is 0 Å². The summed E-state index contributed by atoms with van der Waals surface area (Å²) in [5, 5.41) is 36.6. The molecule has 11 heteroatoms. The van der Waals surface area contributed by atoms with E-state index in [1.165, 1.54) is 10.9 Å². The first-order valence-corrected chi connectivity index (χ1v) is 10.3. The summed E-state index contributed by atoms with van der Waals surface area (Å²) in [5.74, 6) is -6.73. The van der Waals surface area contributed by atoms with Gasteiger partial charge in [-0.15, -0.1) is 0 Å². The summed E-state index contributed by atoms with van der Waals surface area (Å²) >= 11 is 0. The summed E-state index contributed by atoms with van der Waals surface area (Å²) in [7, 11) is 0. The molecule has 1 amide bonds. The Hall–Kier alpha value is -3.34. The van der Waals surface area contributed by atoms with Gasteiger partial charge in [0.2, 0.25) is 11.8 Å². The van der Waals surface area contributed by atoms with Gasteiger partial charge in [0, 0.05) is 37.1 Å². The molecule has 4 rings (SSSR count). The number of amides is 1. The molecule has 3 aromatic rings. The number of phenolic OH excluding ortho intramolecular Hbond substituents is 2. The van der Waals surface area contributed by atoms with Gasteiger partial charge in [-0.25, -0.2) is 22.8 Å². The van der Waals surface area contributed by atoms with Gasteiger partial charge in [-0.2, -0.15) is 5.10 Å². The Balaban J connectivity index is 1.72. The number of aliphatic hydroxyl groups is 1. The fraction of sp³-hybridized carbons (Fsp3) is 0.409. The lowest BCUT2D eigenvalue weighted by Gasteiger charge is -2.33. The average Bonchev–Trinajstić information content (AvgIpc) is 3.04. The van der Waals surface area contributed by atoms with Gasteiger partial charge in [0.1, 0.15) is 0 Å². The molecule has 0 radical (unpaired) electrons. The summed E-state index contributed by atoms with van der Waals surface area (Å²) in [5.41, 5.74) is -0.0391. The van der Waals surface area contributed by atoms with Crippen molar-refractivity contribution in [2.75, 3.05) is 5.32 Å². The Bertz CT molecular complexity index is 1210. The highest BCUT2D eigenvalue weighted by molar-refractivity contribution is 6.01. The Morgan fingerprint density at radius 1 is 1.24 bits per heavy atom. The summed E-state index contributed by atoms with van der Waals surface area (Å²) in [4.78, 5) is 16.8. The number of hydrogen-bond acceptors (Lipinski definition) is 6. The maximum absolute atomic E-state index is 13.9. The molecule has 176 valence electrons. The predicted octanol–water partition coefficient (Wildman–Crippen LogP) is 3.79. The number of anilines is 1. The second-order valence-corrected chi connectivity index (χ2v) is 9.01. The minimum Gasteiger partial charge on any atom is -0.504 e. The zero-order valence-electron chi connectivity index (χ0n) is 17.9. The second kappa shape index (κ2) is 7.91. The van der Waals surface area contributed by atoms with E-state index in [1.54, 1.807) is 19.9 Å². The van der Waals surface area contributed by atoms with Crippen molar-refractivity contribution in [2.45, 2.75) is 51.2 Å². The van der Waals surface area contributed by atoms with Crippen LogP contribution in [-0.4, -0.2) is 47.5 Å². The minimum absolute atomic E-state index is 0.0961. The Kier molecular flexibility index (Phi) is 5.47. The Labute approximate surface area is 186 Å². The van der Waals surface area contributed by atoms with Crippen molar-refractivity contribution < 1.29 is 33.3 Å². The lowest BCUT2D eigenvalue weighted by molar-refractivity contribution is -0.145. The molecular formula is C22H23F3N4O4. The van der Waals surface area contributed by atoms with Gasteiger partial charge in [-0.05, 0) is 44.0 Å². The molecule has 0 aliphatic heterocycles. The molecule has 1 aliphatic rings. The van der Waals surface area contributed by atoms with Crippen molar-refractivity contribution in [3.8, 4) is 22.6 Å². The molecule has 4 N–H and O–H groups in total. The monoisotopic (exact) mass is 464 g/mol. The SMILES string of the molecule is CC(C)(O)CCn1nc(NC(=O)C2CC(F)(F)C2)c2cc(-c3cc(O)c(O)c(F)c3)cnc21. The minimum atomic E-state index is -2.85. The van der Waals surface area contributed by atoms with Gasteiger partial charge in [-0.1, -0.05) is 0 Å². The van der Waals surface area contributed by atoms with Crippen molar-refractivity contribution in [2.24, 2.45) is 5.92 Å². The zero-order valence-corrected chi connectivity index (χ0v) is 17.9. The van der Waals surface area contributed by atoms with Crippen LogP contribution in [0.1, 0.15) is 33.1 Å². The number of rotatable bonds is 6. The number of fused-ring (bicyclic) bond motifs is 1. The number of nitrogens with zero attached hydrogens (tertiary/aromatic N) is 3. The lowest BCUT2D eigenvalue weighted by atomic mass is 9.81. The number of benzene rings is 1. The number of halogens is 3. The van der Waals surface area contributed by atoms with E-state index in [9.17, 15) is 33.3 Å². The van der Waals surface area contributed by atoms with Crippen molar-refractivity contribution in [3.05, 3.63) is 30.2 Å². The third kappa shape index (κ3) is 4.72. The smallest absolute Gasteiger partial charge is 0.249 e. The number of aromatic nitrogens is 3. The molecule has 1 fully saturated rings. The third-order valence-corrected chi connectivity index (χ3v) is 5.60. The summed E-state index contributed by atoms with van der Waals surface area (Å²) < 4.78 is 41.8. The molecule has 0 bridgehead atoms. The number of carbonyl (C=O) groups is 1. The van der Waals surface area contributed by atoms with Gasteiger partial charge in [0.05, 0.1) is 11.0 Å². The largest absolute Gasteiger partial charge is 0.504 e. The normalized spacial score (nSPS) is 16.1. The molecule has 2 aromatic heterocycles. The molecule has 0 saturated heterocycles. The van der Waals surface area contributed by atoms with E-state index >= 15 is 0 Å². The first-order valence-electron chi connectivity index (χ1n) is 10.3. The van der Waals surface area contributed by atoms with E-state index in [-0.39, 0.29) is 17.9 Å². The summed E-state index contributed by atoms with van der Waals surface area (Å²) in [6.07, 6.45) is 0.665. The maximum Gasteiger partial charge on any atom is 0.249 e. The Morgan fingerprint density at radius 2 is 1.94 bits per heavy atom. The van der Waals surface area contributed by atoms with E-state index in [0.717, 1.165) is 12.1 Å². The van der Waals surface area contributed by atoms with Crippen molar-refractivity contribution >= 4 is 22.8 Å². The van der Waals surface area contributed by atoms with Crippen LogP contribution in [0.25, 0.3) is 22.2 Å². The molecule has 1 saturated carbocycles. The van der Waals surface area contributed by atoms with E-state index in [4.69, 9.17) is 0 Å². The highest BCUT2D eigenvalue weighted by atomic mass is 19.3. The first kappa shape index (κ1) is 22.8. The molecule has 2 heterocycles. The topological polar surface area (TPSA) is 121 Å². The van der Waals surface area contributed by atoms with E-state index in [2.05, 4.69) is 15.4 Å². The third-order valence-electron chi connectivity index (χ3n) is 5.60. The van der Waals surface area contributed by atoms with Gasteiger partial charge >= 0.3 is 0 Å². The fourth-order valence-electron chi connectivity index (χ4n) is 3.66. The summed E-state index contributed by atoms with van der Waals surface area (Å²) in [6.45, 7) is 3.53. The molecule has 0 spiro atoms. The van der Waals surface area contributed by atoms with Gasteiger partial charge in [0.15, 0.2) is 28.8 Å². The van der Waals surface area contributed by atoms with Crippen LogP contribution < -0.4 is 5.32 Å². The van der Waals surface area contributed by atoms with Crippen LogP contribution in [0.3, 0.4) is 0 Å². The van der Waals surface area contributed by atoms with Crippen molar-refractivity contribution in [1.82, 2.24) is 14.8 Å². The van der Waals surface area contributed by atoms with Crippen LogP contribution in [0.4, 0.5) is 19.0 Å². The first-order chi connectivity index (χ1) is 15.3. The highest BCUT2D eigenvalue weighted by Gasteiger charge is 2.48. The van der Waals surface area contributed by atoms with Crippen LogP contribution in [0.2, 0.25) is 0 Å². The lowest BCUT2D eigenvalue weighted by Crippen LogP contribution is -2.42. The number of alkyl halides is 2. The average molecular weight is 464 g/mol. The van der Waals surface area contributed by atoms with Gasteiger partial charge in [0.25, 0.3) is 0 Å². The van der Waals surface area contributed by atoms with Crippen LogP contribution in [0.15, 0.2) is 24.4 Å². The van der Waals surface area contributed by atoms with E-state index < -0.39 is 53.5 Å². The molecule has 33 heavy (non-hydrogen) atoms. The number of aryl methyl sites for hydroxylation is 1. The number of hydrogen-bond donors (Lipinski definition) is 4. The molecular weight excluding hydrogens is 441 g/mol. The maximum atomic E-state index is 13.9. The van der Waals surface area contributed by atoms with Crippen LogP contribution in [-0.2, 0) is 11.3 Å². The predicted molar refractivity (Wildman–Crippen MR) is 113 cm³/mol. The zero-order chi connectivity index (χ0) is 24.1. The molecule has 0 unspecified atom stereocenters. The van der Waals surface area contributed by atoms with Crippen molar-refractivity contribution in [3.63, 3.8) is 0 Å². The van der Waals surface area contributed by atoms with E-state index in [1.807, 2.05) is 0 Å². The fourth-order valence-corrected chi connectivity index (χ4v) is 3.66. The standard InChI is InChI=1S/C22H23F3N4O4/c1-21(2,33)3-4-29-19-14(18(28-29)27-20(32)13-8-22(24,25)9-13)5-12(10-26-19)11-6-15(23)17(31)16(30)7-11/h5-7,10,13,30-31,33H,3-4,8-9H2,1-2H3,(H,27,28,32). The quantitative estimate of drug-likeness (QED) is 0.412. The number of aromatic hydroxyl groups is 2. The summed E-state index contributed by atoms with van der Waals surface area (Å²) in [6, 6.07) is 3.74. The highest BCUT2D eigenvalue weighted by Crippen LogP contribution is 2.43. The Morgan fingerprint density at radius 3 is 2.55 bits per heavy atom. The number of pyridine rings is 1. The number of nitrogens with one attached hydrogen (secondary N) is 1. The molecule has 0 atom stereocenters. The van der Waals surface area contributed by atoms with Crippen LogP contribution in [0.5, 0.6) is 11.5 Å². The van der Waals surface area contributed by atoms with Gasteiger partial charge in [-0.3, -0.25) is 4.79 Å². The molecule has 1 aliphatic carbocycles. The molecule has 1 aromatic carbocycles. The van der Waals surface area contributed by atoms with Gasteiger partial charge < -0.3 is 20.6 Å². The number of phenols is 2. The second-order valence-electron chi connectivity index (χ2n) is 9.01. The van der Waals surface area contributed by atoms with Crippen molar-refractivity contribution in [1.29, 1.82) is 0 Å². The van der Waals surface area contributed by atoms with E-state index in [0.29, 0.717) is 23.0 Å². The molecule has 8 nitrogen and oxygen atoms in total. The number of carbonyl (C=O) groups excluding carboxylic acids is 1.